The second-order valence-corrected chi connectivity index (χ2v) is 9.47. The van der Waals surface area contributed by atoms with E-state index in [9.17, 15) is 14.7 Å². The van der Waals surface area contributed by atoms with Gasteiger partial charge in [0.2, 0.25) is 0 Å². The lowest BCUT2D eigenvalue weighted by atomic mass is 10.1. The van der Waals surface area contributed by atoms with Crippen molar-refractivity contribution >= 4 is 17.8 Å². The van der Waals surface area contributed by atoms with Crippen LogP contribution in [0.3, 0.4) is 0 Å². The predicted octanol–water partition coefficient (Wildman–Crippen LogP) is 2.83. The van der Waals surface area contributed by atoms with Crippen molar-refractivity contribution in [1.29, 1.82) is 0 Å². The Balaban J connectivity index is 1.36. The summed E-state index contributed by atoms with van der Waals surface area (Å²) in [6.07, 6.45) is 3.41. The Kier molecular flexibility index (Phi) is 6.51. The van der Waals surface area contributed by atoms with Gasteiger partial charge in [-0.2, -0.15) is 0 Å². The standard InChI is InChI=1S/C24H31N5O4/c1-24(2,3)33-23(32)29-10-6-9-28(11-12-29)21-15-25-19(14-26-21)22(31)27-18-13-20(30)17-8-5-4-7-16(17)18/h4-5,7-8,14-15,18,20,30H,6,9-13H2,1-3H3,(H,27,31). The topological polar surface area (TPSA) is 108 Å². The summed E-state index contributed by atoms with van der Waals surface area (Å²) in [5.74, 6) is 0.342. The molecule has 1 aliphatic heterocycles. The van der Waals surface area contributed by atoms with E-state index in [1.807, 2.05) is 45.0 Å². The van der Waals surface area contributed by atoms with Crippen LogP contribution in [0.15, 0.2) is 36.7 Å². The summed E-state index contributed by atoms with van der Waals surface area (Å²) < 4.78 is 5.48. The second-order valence-electron chi connectivity index (χ2n) is 9.47. The van der Waals surface area contributed by atoms with Gasteiger partial charge in [-0.25, -0.2) is 14.8 Å². The smallest absolute Gasteiger partial charge is 0.410 e. The van der Waals surface area contributed by atoms with E-state index in [-0.39, 0.29) is 23.7 Å². The van der Waals surface area contributed by atoms with Crippen LogP contribution in [0.5, 0.6) is 0 Å². The highest BCUT2D eigenvalue weighted by Gasteiger charge is 2.31. The number of benzene rings is 1. The first-order valence-electron chi connectivity index (χ1n) is 11.3. The normalized spacial score (nSPS) is 20.7. The number of anilines is 1. The molecule has 2 unspecified atom stereocenters. The summed E-state index contributed by atoms with van der Waals surface area (Å²) >= 11 is 0. The molecular weight excluding hydrogens is 422 g/mol. The molecule has 1 saturated heterocycles. The van der Waals surface area contributed by atoms with E-state index in [1.54, 1.807) is 11.1 Å². The van der Waals surface area contributed by atoms with Crippen LogP contribution in [0.25, 0.3) is 0 Å². The molecule has 0 saturated carbocycles. The first-order valence-corrected chi connectivity index (χ1v) is 11.3. The molecule has 2 aromatic rings. The molecule has 2 N–H and O–H groups in total. The molecule has 2 atom stereocenters. The first-order chi connectivity index (χ1) is 15.7. The maximum absolute atomic E-state index is 12.7. The molecule has 2 aliphatic rings. The molecule has 2 heterocycles. The van der Waals surface area contributed by atoms with E-state index >= 15 is 0 Å². The molecule has 0 spiro atoms. The number of hydrogen-bond donors (Lipinski definition) is 2. The molecule has 1 aromatic carbocycles. The second kappa shape index (κ2) is 9.35. The van der Waals surface area contributed by atoms with Gasteiger partial charge in [0.05, 0.1) is 24.5 Å². The lowest BCUT2D eigenvalue weighted by Crippen LogP contribution is -2.39. The van der Waals surface area contributed by atoms with Gasteiger partial charge in [-0.15, -0.1) is 0 Å². The molecule has 2 amide bonds. The van der Waals surface area contributed by atoms with Gasteiger partial charge in [0, 0.05) is 32.6 Å². The fraction of sp³-hybridized carbons (Fsp3) is 0.500. The molecular formula is C24H31N5O4. The molecule has 0 bridgehead atoms. The summed E-state index contributed by atoms with van der Waals surface area (Å²) in [6.45, 7) is 8.06. The molecule has 0 radical (unpaired) electrons. The number of aliphatic hydroxyl groups is 1. The molecule has 33 heavy (non-hydrogen) atoms. The Labute approximate surface area is 193 Å². The Morgan fingerprint density at radius 1 is 1.06 bits per heavy atom. The van der Waals surface area contributed by atoms with E-state index in [1.165, 1.54) is 6.20 Å². The summed E-state index contributed by atoms with van der Waals surface area (Å²) in [6, 6.07) is 7.33. The quantitative estimate of drug-likeness (QED) is 0.736. The maximum atomic E-state index is 12.7. The monoisotopic (exact) mass is 453 g/mol. The molecule has 1 aliphatic carbocycles. The Morgan fingerprint density at radius 2 is 1.82 bits per heavy atom. The number of fused-ring (bicyclic) bond motifs is 1. The van der Waals surface area contributed by atoms with Gasteiger partial charge in [0.15, 0.2) is 0 Å². The van der Waals surface area contributed by atoms with Gasteiger partial charge in [-0.3, -0.25) is 4.79 Å². The minimum atomic E-state index is -0.580. The molecule has 4 rings (SSSR count). The molecule has 176 valence electrons. The largest absolute Gasteiger partial charge is 0.444 e. The number of carbonyl (C=O) groups is 2. The first kappa shape index (κ1) is 23.0. The van der Waals surface area contributed by atoms with E-state index < -0.39 is 11.7 Å². The lowest BCUT2D eigenvalue weighted by molar-refractivity contribution is 0.0263. The number of amides is 2. The third-order valence-electron chi connectivity index (χ3n) is 5.84. The van der Waals surface area contributed by atoms with Gasteiger partial charge in [-0.05, 0) is 38.3 Å². The van der Waals surface area contributed by atoms with Crippen LogP contribution < -0.4 is 10.2 Å². The van der Waals surface area contributed by atoms with Crippen molar-refractivity contribution in [2.24, 2.45) is 0 Å². The Morgan fingerprint density at radius 3 is 2.52 bits per heavy atom. The zero-order valence-corrected chi connectivity index (χ0v) is 19.3. The number of carbonyl (C=O) groups excluding carboxylic acids is 2. The van der Waals surface area contributed by atoms with Gasteiger partial charge in [0.1, 0.15) is 17.1 Å². The Bertz CT molecular complexity index is 1000. The number of aromatic nitrogens is 2. The third kappa shape index (κ3) is 5.42. The van der Waals surface area contributed by atoms with Crippen molar-refractivity contribution < 1.29 is 19.4 Å². The zero-order chi connectivity index (χ0) is 23.6. The van der Waals surface area contributed by atoms with Gasteiger partial charge >= 0.3 is 6.09 Å². The fourth-order valence-corrected chi connectivity index (χ4v) is 4.24. The zero-order valence-electron chi connectivity index (χ0n) is 19.3. The van der Waals surface area contributed by atoms with Crippen molar-refractivity contribution in [1.82, 2.24) is 20.2 Å². The number of rotatable bonds is 3. The van der Waals surface area contributed by atoms with E-state index in [2.05, 4.69) is 20.2 Å². The number of nitrogens with one attached hydrogen (secondary N) is 1. The van der Waals surface area contributed by atoms with Crippen LogP contribution >= 0.6 is 0 Å². The van der Waals surface area contributed by atoms with E-state index in [0.717, 1.165) is 24.1 Å². The van der Waals surface area contributed by atoms with Crippen molar-refractivity contribution in [3.05, 3.63) is 53.5 Å². The van der Waals surface area contributed by atoms with E-state index in [0.29, 0.717) is 31.9 Å². The van der Waals surface area contributed by atoms with Crippen molar-refractivity contribution in [3.63, 3.8) is 0 Å². The van der Waals surface area contributed by atoms with Crippen LogP contribution in [0.2, 0.25) is 0 Å². The highest BCUT2D eigenvalue weighted by molar-refractivity contribution is 5.92. The number of hydrogen-bond acceptors (Lipinski definition) is 7. The molecule has 1 fully saturated rings. The average Bonchev–Trinajstić information content (AvgIpc) is 2.94. The summed E-state index contributed by atoms with van der Waals surface area (Å²) in [7, 11) is 0. The van der Waals surface area contributed by atoms with Crippen LogP contribution in [0, 0.1) is 0 Å². The highest BCUT2D eigenvalue weighted by atomic mass is 16.6. The van der Waals surface area contributed by atoms with Crippen molar-refractivity contribution in [2.75, 3.05) is 31.1 Å². The van der Waals surface area contributed by atoms with Crippen molar-refractivity contribution in [3.8, 4) is 0 Å². The average molecular weight is 454 g/mol. The summed E-state index contributed by atoms with van der Waals surface area (Å²) in [4.78, 5) is 37.6. The predicted molar refractivity (Wildman–Crippen MR) is 123 cm³/mol. The minimum Gasteiger partial charge on any atom is -0.444 e. The molecule has 9 heteroatoms. The number of ether oxygens (including phenoxy) is 1. The van der Waals surface area contributed by atoms with Gasteiger partial charge in [0.25, 0.3) is 5.91 Å². The van der Waals surface area contributed by atoms with E-state index in [4.69, 9.17) is 4.74 Å². The van der Waals surface area contributed by atoms with Gasteiger partial charge in [-0.1, -0.05) is 24.3 Å². The molecule has 9 nitrogen and oxygen atoms in total. The lowest BCUT2D eigenvalue weighted by Gasteiger charge is -2.26. The fourth-order valence-electron chi connectivity index (χ4n) is 4.24. The van der Waals surface area contributed by atoms with Crippen LogP contribution in [-0.4, -0.2) is 63.8 Å². The summed E-state index contributed by atoms with van der Waals surface area (Å²) in [5, 5.41) is 13.2. The Hall–Kier alpha value is -3.20. The SMILES string of the molecule is CC(C)(C)OC(=O)N1CCCN(c2cnc(C(=O)NC3CC(O)c4ccccc43)cn2)CC1. The highest BCUT2D eigenvalue weighted by Crippen LogP contribution is 2.38. The van der Waals surface area contributed by atoms with Crippen LogP contribution in [0.1, 0.15) is 67.4 Å². The number of aliphatic hydroxyl groups excluding tert-OH is 1. The van der Waals surface area contributed by atoms with Crippen LogP contribution in [0.4, 0.5) is 10.6 Å². The summed E-state index contributed by atoms with van der Waals surface area (Å²) in [5.41, 5.74) is 1.49. The van der Waals surface area contributed by atoms with Crippen molar-refractivity contribution in [2.45, 2.75) is 51.4 Å². The van der Waals surface area contributed by atoms with Crippen LogP contribution in [-0.2, 0) is 4.74 Å². The number of nitrogens with zero attached hydrogens (tertiary/aromatic N) is 4. The minimum absolute atomic E-state index is 0.225. The maximum Gasteiger partial charge on any atom is 0.410 e. The van der Waals surface area contributed by atoms with Gasteiger partial charge < -0.3 is 25.0 Å². The molecule has 1 aromatic heterocycles. The third-order valence-corrected chi connectivity index (χ3v) is 5.84.